The second-order valence-corrected chi connectivity index (χ2v) is 6.65. The van der Waals surface area contributed by atoms with Gasteiger partial charge in [-0.1, -0.05) is 18.2 Å². The van der Waals surface area contributed by atoms with Gasteiger partial charge in [0, 0.05) is 29.5 Å². The number of ketones is 1. The van der Waals surface area contributed by atoms with Gasteiger partial charge in [0.25, 0.3) is 0 Å². The largest absolute Gasteiger partial charge is 0.309 e. The molecule has 2 aromatic carbocycles. The fourth-order valence-corrected chi connectivity index (χ4v) is 3.01. The summed E-state index contributed by atoms with van der Waals surface area (Å²) in [5, 5.41) is 0.624. The Morgan fingerprint density at radius 3 is 2.37 bits per heavy atom. The van der Waals surface area contributed by atoms with Gasteiger partial charge in [0.05, 0.1) is 16.8 Å². The zero-order valence-electron chi connectivity index (χ0n) is 15.1. The first-order valence-electron chi connectivity index (χ1n) is 8.59. The van der Waals surface area contributed by atoms with Crippen LogP contribution in [0.5, 0.6) is 0 Å². The highest BCUT2D eigenvalue weighted by atomic mass is 19.1. The molecule has 0 spiro atoms. The number of hydrogen-bond acceptors (Lipinski definition) is 3. The van der Waals surface area contributed by atoms with Crippen molar-refractivity contribution in [1.82, 2.24) is 9.88 Å². The van der Waals surface area contributed by atoms with Crippen LogP contribution in [0.1, 0.15) is 23.2 Å². The second-order valence-electron chi connectivity index (χ2n) is 6.65. The molecule has 3 aromatic rings. The van der Waals surface area contributed by atoms with E-state index in [9.17, 15) is 18.0 Å². The maximum Gasteiger partial charge on any atom is 0.163 e. The smallest absolute Gasteiger partial charge is 0.163 e. The third kappa shape index (κ3) is 4.17. The van der Waals surface area contributed by atoms with Crippen LogP contribution in [0.3, 0.4) is 0 Å². The molecular weight excluding hydrogens is 353 g/mol. The Labute approximate surface area is 155 Å². The molecule has 0 aliphatic rings. The molecule has 140 valence electrons. The molecule has 1 aromatic heterocycles. The number of nitrogens with zero attached hydrogens (tertiary/aromatic N) is 2. The Bertz CT molecular complexity index is 979. The van der Waals surface area contributed by atoms with E-state index in [0.29, 0.717) is 41.4 Å². The van der Waals surface area contributed by atoms with Crippen molar-refractivity contribution < 1.29 is 18.0 Å². The predicted molar refractivity (Wildman–Crippen MR) is 99.2 cm³/mol. The van der Waals surface area contributed by atoms with E-state index in [1.807, 2.05) is 19.0 Å². The lowest BCUT2D eigenvalue weighted by atomic mass is 9.98. The molecule has 0 atom stereocenters. The zero-order chi connectivity index (χ0) is 19.6. The van der Waals surface area contributed by atoms with Crippen molar-refractivity contribution in [2.45, 2.75) is 12.8 Å². The van der Waals surface area contributed by atoms with Gasteiger partial charge in [-0.25, -0.2) is 18.2 Å². The van der Waals surface area contributed by atoms with E-state index in [1.54, 1.807) is 24.3 Å². The molecule has 0 aliphatic heterocycles. The van der Waals surface area contributed by atoms with Crippen molar-refractivity contribution in [2.24, 2.45) is 0 Å². The maximum absolute atomic E-state index is 14.2. The minimum absolute atomic E-state index is 0.0281. The lowest BCUT2D eigenvalue weighted by molar-refractivity contribution is 0.0979. The number of fused-ring (bicyclic) bond motifs is 1. The Morgan fingerprint density at radius 1 is 1.04 bits per heavy atom. The number of benzene rings is 2. The number of carbonyl (C=O) groups is 1. The quantitative estimate of drug-likeness (QED) is 0.581. The number of para-hydroxylation sites is 1. The van der Waals surface area contributed by atoms with Crippen LogP contribution in [-0.4, -0.2) is 36.3 Å². The van der Waals surface area contributed by atoms with Gasteiger partial charge in [-0.05, 0) is 39.2 Å². The lowest BCUT2D eigenvalue weighted by Crippen LogP contribution is -2.14. The first-order chi connectivity index (χ1) is 12.9. The average molecular weight is 372 g/mol. The van der Waals surface area contributed by atoms with Crippen molar-refractivity contribution in [2.75, 3.05) is 20.6 Å². The van der Waals surface area contributed by atoms with Crippen molar-refractivity contribution in [3.63, 3.8) is 0 Å². The van der Waals surface area contributed by atoms with Crippen LogP contribution in [-0.2, 0) is 0 Å². The molecule has 3 nitrogen and oxygen atoms in total. The van der Waals surface area contributed by atoms with Crippen molar-refractivity contribution in [1.29, 1.82) is 0 Å². The van der Waals surface area contributed by atoms with E-state index < -0.39 is 23.0 Å². The lowest BCUT2D eigenvalue weighted by Gasteiger charge is -2.12. The molecule has 0 amide bonds. The number of aromatic nitrogens is 1. The fraction of sp³-hybridized carbons (Fsp3) is 0.238. The second kappa shape index (κ2) is 7.88. The molecular formula is C21H19F3N2O. The van der Waals surface area contributed by atoms with Crippen LogP contribution in [0.25, 0.3) is 22.2 Å². The molecule has 6 heteroatoms. The van der Waals surface area contributed by atoms with E-state index in [2.05, 4.69) is 4.98 Å². The molecule has 0 saturated heterocycles. The standard InChI is InChI=1S/C21H19F3N2O/c1-26(2)9-5-8-20(27)15-12-19(25-18-7-4-3-6-14(15)18)21-16(23)10-13(22)11-17(21)24/h3-4,6-7,10-12H,5,8-9H2,1-2H3. The van der Waals surface area contributed by atoms with Crippen molar-refractivity contribution >= 4 is 16.7 Å². The molecule has 27 heavy (non-hydrogen) atoms. The van der Waals surface area contributed by atoms with Crippen LogP contribution in [0.4, 0.5) is 13.2 Å². The number of carbonyl (C=O) groups excluding carboxylic acids is 1. The summed E-state index contributed by atoms with van der Waals surface area (Å²) in [4.78, 5) is 19.0. The molecule has 1 heterocycles. The highest BCUT2D eigenvalue weighted by Crippen LogP contribution is 2.30. The highest BCUT2D eigenvalue weighted by molar-refractivity contribution is 6.08. The average Bonchev–Trinajstić information content (AvgIpc) is 2.59. The van der Waals surface area contributed by atoms with Crippen LogP contribution in [0.15, 0.2) is 42.5 Å². The maximum atomic E-state index is 14.2. The summed E-state index contributed by atoms with van der Waals surface area (Å²) < 4.78 is 41.7. The molecule has 0 bridgehead atoms. The molecule has 0 fully saturated rings. The minimum atomic E-state index is -1.05. The summed E-state index contributed by atoms with van der Waals surface area (Å²) in [7, 11) is 3.84. The molecule has 0 unspecified atom stereocenters. The molecule has 0 N–H and O–H groups in total. The molecule has 3 rings (SSSR count). The van der Waals surface area contributed by atoms with Crippen LogP contribution in [0.2, 0.25) is 0 Å². The number of pyridine rings is 1. The zero-order valence-corrected chi connectivity index (χ0v) is 15.1. The molecule has 0 aliphatic carbocycles. The normalized spacial score (nSPS) is 11.3. The van der Waals surface area contributed by atoms with Gasteiger partial charge in [0.1, 0.15) is 17.5 Å². The van der Waals surface area contributed by atoms with E-state index in [4.69, 9.17) is 0 Å². The van der Waals surface area contributed by atoms with Gasteiger partial charge in [-0.2, -0.15) is 0 Å². The summed E-state index contributed by atoms with van der Waals surface area (Å²) in [5.74, 6) is -3.24. The first-order valence-corrected chi connectivity index (χ1v) is 8.59. The van der Waals surface area contributed by atoms with E-state index in [1.165, 1.54) is 6.07 Å². The van der Waals surface area contributed by atoms with E-state index in [0.717, 1.165) is 6.54 Å². The van der Waals surface area contributed by atoms with Gasteiger partial charge in [-0.3, -0.25) is 4.79 Å². The van der Waals surface area contributed by atoms with E-state index in [-0.39, 0.29) is 11.5 Å². The Kier molecular flexibility index (Phi) is 5.56. The monoisotopic (exact) mass is 372 g/mol. The Morgan fingerprint density at radius 2 is 1.70 bits per heavy atom. The van der Waals surface area contributed by atoms with Crippen LogP contribution >= 0.6 is 0 Å². The summed E-state index contributed by atoms with van der Waals surface area (Å²) in [5.41, 5.74) is 0.343. The summed E-state index contributed by atoms with van der Waals surface area (Å²) in [6.07, 6.45) is 0.969. The van der Waals surface area contributed by atoms with Gasteiger partial charge < -0.3 is 4.90 Å². The minimum Gasteiger partial charge on any atom is -0.309 e. The third-order valence-corrected chi connectivity index (χ3v) is 4.29. The van der Waals surface area contributed by atoms with Crippen molar-refractivity contribution in [3.05, 3.63) is 65.5 Å². The molecule has 0 radical (unpaired) electrons. The third-order valence-electron chi connectivity index (χ3n) is 4.29. The topological polar surface area (TPSA) is 33.2 Å². The van der Waals surface area contributed by atoms with E-state index >= 15 is 0 Å². The SMILES string of the molecule is CN(C)CCCC(=O)c1cc(-c2c(F)cc(F)cc2F)nc2ccccc12. The van der Waals surface area contributed by atoms with Gasteiger partial charge in [0.2, 0.25) is 0 Å². The fourth-order valence-electron chi connectivity index (χ4n) is 3.01. The summed E-state index contributed by atoms with van der Waals surface area (Å²) in [6, 6.07) is 9.54. The van der Waals surface area contributed by atoms with Gasteiger partial charge in [0.15, 0.2) is 5.78 Å². The first kappa shape index (κ1) is 19.0. The Balaban J connectivity index is 2.10. The van der Waals surface area contributed by atoms with Gasteiger partial charge in [-0.15, -0.1) is 0 Å². The summed E-state index contributed by atoms with van der Waals surface area (Å²) >= 11 is 0. The van der Waals surface area contributed by atoms with Crippen LogP contribution < -0.4 is 0 Å². The van der Waals surface area contributed by atoms with Crippen molar-refractivity contribution in [3.8, 4) is 11.3 Å². The summed E-state index contributed by atoms with van der Waals surface area (Å²) in [6.45, 7) is 0.753. The Hall–Kier alpha value is -2.73. The van der Waals surface area contributed by atoms with Gasteiger partial charge >= 0.3 is 0 Å². The number of halogens is 3. The highest BCUT2D eigenvalue weighted by Gasteiger charge is 2.19. The molecule has 0 saturated carbocycles. The number of hydrogen-bond donors (Lipinski definition) is 0. The number of rotatable bonds is 6. The predicted octanol–water partition coefficient (Wildman–Crippen LogP) is 4.84. The number of Topliss-reactive ketones (excluding diaryl/α,β-unsaturated/α-hetero) is 1. The van der Waals surface area contributed by atoms with Crippen LogP contribution in [0, 0.1) is 17.5 Å².